The summed E-state index contributed by atoms with van der Waals surface area (Å²) < 4.78 is 38.1. The normalized spacial score (nSPS) is 13.0. The number of aromatic nitrogens is 3. The predicted molar refractivity (Wildman–Crippen MR) is 84.7 cm³/mol. The molecule has 0 aromatic carbocycles. The highest BCUT2D eigenvalue weighted by molar-refractivity contribution is 7.99. The third-order valence-electron chi connectivity index (χ3n) is 3.03. The van der Waals surface area contributed by atoms with Gasteiger partial charge in [-0.2, -0.15) is 13.2 Å². The minimum atomic E-state index is -4.67. The zero-order valence-corrected chi connectivity index (χ0v) is 14.2. The van der Waals surface area contributed by atoms with Crippen LogP contribution < -0.4 is 5.32 Å². The maximum atomic E-state index is 12.1. The number of aliphatic hydroxyl groups is 1. The average Bonchev–Trinajstić information content (AvgIpc) is 3.13. The molecule has 2 aromatic heterocycles. The Balaban J connectivity index is 1.78. The van der Waals surface area contributed by atoms with Gasteiger partial charge in [-0.25, -0.2) is 0 Å². The molecule has 11 heteroatoms. The summed E-state index contributed by atoms with van der Waals surface area (Å²) in [6.45, 7) is -0.251. The van der Waals surface area contributed by atoms with Crippen LogP contribution in [-0.2, 0) is 11.8 Å². The Morgan fingerprint density at radius 3 is 2.88 bits per heavy atom. The van der Waals surface area contributed by atoms with E-state index in [0.717, 1.165) is 16.6 Å². The first kappa shape index (κ1) is 18.7. The molecule has 1 atom stereocenters. The van der Waals surface area contributed by atoms with Crippen LogP contribution in [0.1, 0.15) is 6.42 Å². The average molecular weight is 380 g/mol. The smallest absolute Gasteiger partial charge is 0.384 e. The largest absolute Gasteiger partial charge is 0.414 e. The van der Waals surface area contributed by atoms with E-state index in [-0.39, 0.29) is 12.3 Å². The molecule has 0 radical (unpaired) electrons. The van der Waals surface area contributed by atoms with Crippen LogP contribution in [0.4, 0.5) is 13.2 Å². The number of hydrogen-bond acceptors (Lipinski definition) is 6. The minimum absolute atomic E-state index is 0.00146. The number of alkyl halides is 3. The molecule has 2 N–H and O–H groups in total. The molecule has 0 unspecified atom stereocenters. The van der Waals surface area contributed by atoms with Crippen LogP contribution in [0.25, 0.3) is 10.7 Å². The number of thioether (sulfide) groups is 1. The van der Waals surface area contributed by atoms with E-state index in [1.807, 2.05) is 17.5 Å². The van der Waals surface area contributed by atoms with E-state index in [4.69, 9.17) is 5.11 Å². The number of nitrogens with one attached hydrogen (secondary N) is 1. The zero-order valence-electron chi connectivity index (χ0n) is 12.6. The monoisotopic (exact) mass is 380 g/mol. The molecule has 0 spiro atoms. The Bertz CT molecular complexity index is 673. The Hall–Kier alpha value is -1.59. The van der Waals surface area contributed by atoms with Crippen molar-refractivity contribution in [3.63, 3.8) is 0 Å². The quantitative estimate of drug-likeness (QED) is 0.719. The Kier molecular flexibility index (Phi) is 6.24. The van der Waals surface area contributed by atoms with Gasteiger partial charge in [0.15, 0.2) is 17.1 Å². The van der Waals surface area contributed by atoms with Gasteiger partial charge in [0.05, 0.1) is 10.6 Å². The van der Waals surface area contributed by atoms with Crippen LogP contribution in [0, 0.1) is 0 Å². The van der Waals surface area contributed by atoms with Crippen molar-refractivity contribution >= 4 is 29.0 Å². The van der Waals surface area contributed by atoms with E-state index in [1.165, 1.54) is 11.3 Å². The van der Waals surface area contributed by atoms with Crippen LogP contribution in [0.2, 0.25) is 0 Å². The van der Waals surface area contributed by atoms with Crippen molar-refractivity contribution in [3.8, 4) is 10.7 Å². The lowest BCUT2D eigenvalue weighted by Crippen LogP contribution is -2.34. The second-order valence-electron chi connectivity index (χ2n) is 4.83. The number of hydrogen-bond donors (Lipinski definition) is 2. The molecule has 2 heterocycles. The lowest BCUT2D eigenvalue weighted by molar-refractivity contribution is -0.205. The summed E-state index contributed by atoms with van der Waals surface area (Å²) >= 11 is 2.65. The lowest BCUT2D eigenvalue weighted by Gasteiger charge is -2.14. The number of carbonyl (C=O) groups excluding carboxylic acids is 1. The van der Waals surface area contributed by atoms with E-state index >= 15 is 0 Å². The number of halogens is 3. The highest BCUT2D eigenvalue weighted by Gasteiger charge is 2.37. The van der Waals surface area contributed by atoms with Crippen LogP contribution in [0.5, 0.6) is 0 Å². The van der Waals surface area contributed by atoms with Gasteiger partial charge in [-0.3, -0.25) is 4.79 Å². The molecule has 0 bridgehead atoms. The molecular formula is C13H15F3N4O2S2. The first-order valence-corrected chi connectivity index (χ1v) is 8.73. The Morgan fingerprint density at radius 2 is 2.25 bits per heavy atom. The SMILES string of the molecule is Cn1c(SCC(=O)NCC[C@@H](O)C(F)(F)F)nnc1-c1cccs1. The molecule has 1 amide bonds. The van der Waals surface area contributed by atoms with Gasteiger partial charge >= 0.3 is 6.18 Å². The molecule has 132 valence electrons. The molecular weight excluding hydrogens is 365 g/mol. The summed E-state index contributed by atoms with van der Waals surface area (Å²) in [5.74, 6) is 0.245. The van der Waals surface area contributed by atoms with Crippen molar-refractivity contribution in [1.29, 1.82) is 0 Å². The molecule has 0 saturated carbocycles. The van der Waals surface area contributed by atoms with Crippen LogP contribution in [-0.4, -0.2) is 50.4 Å². The highest BCUT2D eigenvalue weighted by Crippen LogP contribution is 2.26. The van der Waals surface area contributed by atoms with Gasteiger partial charge in [0.2, 0.25) is 5.91 Å². The molecule has 6 nitrogen and oxygen atoms in total. The van der Waals surface area contributed by atoms with Crippen molar-refractivity contribution in [2.24, 2.45) is 7.05 Å². The number of aliphatic hydroxyl groups excluding tert-OH is 1. The van der Waals surface area contributed by atoms with Crippen molar-refractivity contribution in [1.82, 2.24) is 20.1 Å². The van der Waals surface area contributed by atoms with E-state index in [9.17, 15) is 18.0 Å². The fourth-order valence-corrected chi connectivity index (χ4v) is 3.24. The minimum Gasteiger partial charge on any atom is -0.384 e. The topological polar surface area (TPSA) is 80.0 Å². The van der Waals surface area contributed by atoms with E-state index in [2.05, 4.69) is 15.5 Å². The fourth-order valence-electron chi connectivity index (χ4n) is 1.75. The number of nitrogens with zero attached hydrogens (tertiary/aromatic N) is 3. The van der Waals surface area contributed by atoms with Crippen LogP contribution >= 0.6 is 23.1 Å². The van der Waals surface area contributed by atoms with Gasteiger partial charge in [0, 0.05) is 13.6 Å². The first-order chi connectivity index (χ1) is 11.3. The second-order valence-corrected chi connectivity index (χ2v) is 6.72. The number of thiophene rings is 1. The molecule has 24 heavy (non-hydrogen) atoms. The second kappa shape index (κ2) is 7.99. The van der Waals surface area contributed by atoms with E-state index in [0.29, 0.717) is 11.0 Å². The van der Waals surface area contributed by atoms with Gasteiger partial charge < -0.3 is 15.0 Å². The Morgan fingerprint density at radius 1 is 1.50 bits per heavy atom. The maximum Gasteiger partial charge on any atom is 0.414 e. The van der Waals surface area contributed by atoms with Gasteiger partial charge in [-0.15, -0.1) is 21.5 Å². The zero-order chi connectivity index (χ0) is 17.7. The first-order valence-electron chi connectivity index (χ1n) is 6.86. The maximum absolute atomic E-state index is 12.1. The van der Waals surface area contributed by atoms with Crippen molar-refractivity contribution in [2.45, 2.75) is 23.9 Å². The van der Waals surface area contributed by atoms with Crippen molar-refractivity contribution < 1.29 is 23.1 Å². The fraction of sp³-hybridized carbons (Fsp3) is 0.462. The Labute approximate surface area is 144 Å². The highest BCUT2D eigenvalue weighted by atomic mass is 32.2. The molecule has 2 rings (SSSR count). The van der Waals surface area contributed by atoms with Gasteiger partial charge in [0.25, 0.3) is 0 Å². The van der Waals surface area contributed by atoms with E-state index < -0.39 is 24.6 Å². The van der Waals surface area contributed by atoms with Gasteiger partial charge in [-0.05, 0) is 17.9 Å². The molecule has 0 saturated heterocycles. The van der Waals surface area contributed by atoms with Crippen LogP contribution in [0.3, 0.4) is 0 Å². The number of amides is 1. The molecule has 2 aromatic rings. The molecule has 0 aliphatic heterocycles. The number of rotatable bonds is 7. The number of carbonyl (C=O) groups is 1. The van der Waals surface area contributed by atoms with Crippen molar-refractivity contribution in [3.05, 3.63) is 17.5 Å². The molecule has 0 aliphatic rings. The summed E-state index contributed by atoms with van der Waals surface area (Å²) in [5, 5.41) is 21.7. The summed E-state index contributed by atoms with van der Waals surface area (Å²) in [4.78, 5) is 12.6. The lowest BCUT2D eigenvalue weighted by atomic mass is 10.2. The molecule has 0 aliphatic carbocycles. The summed E-state index contributed by atoms with van der Waals surface area (Å²) in [5.41, 5.74) is 0. The summed E-state index contributed by atoms with van der Waals surface area (Å²) in [6, 6.07) is 3.80. The van der Waals surface area contributed by atoms with E-state index in [1.54, 1.807) is 11.6 Å². The molecule has 0 fully saturated rings. The third kappa shape index (κ3) is 4.95. The summed E-state index contributed by atoms with van der Waals surface area (Å²) in [6.07, 6.45) is -7.68. The van der Waals surface area contributed by atoms with Crippen LogP contribution in [0.15, 0.2) is 22.7 Å². The summed E-state index contributed by atoms with van der Waals surface area (Å²) in [7, 11) is 1.77. The van der Waals surface area contributed by atoms with Crippen molar-refractivity contribution in [2.75, 3.05) is 12.3 Å². The van der Waals surface area contributed by atoms with Gasteiger partial charge in [-0.1, -0.05) is 17.8 Å². The third-order valence-corrected chi connectivity index (χ3v) is 4.91. The van der Waals surface area contributed by atoms with Gasteiger partial charge in [0.1, 0.15) is 0 Å². The standard InChI is InChI=1S/C13H15F3N4O2S2/c1-20-11(8-3-2-6-23-8)18-19-12(20)24-7-10(22)17-5-4-9(21)13(14,15)16/h2-3,6,9,21H,4-5,7H2,1H3,(H,17,22)/t9-/m1/s1. The predicted octanol–water partition coefficient (Wildman–Crippen LogP) is 2.07.